The lowest BCUT2D eigenvalue weighted by Crippen LogP contribution is -2.52. The van der Waals surface area contributed by atoms with Crippen LogP contribution in [-0.2, 0) is 25.7 Å². The molecule has 1 aromatic rings. The van der Waals surface area contributed by atoms with Gasteiger partial charge in [-0.3, -0.25) is 9.59 Å². The van der Waals surface area contributed by atoms with Crippen molar-refractivity contribution >= 4 is 30.5 Å². The van der Waals surface area contributed by atoms with E-state index in [-0.39, 0.29) is 12.3 Å². The highest BCUT2D eigenvalue weighted by molar-refractivity contribution is 7.80. The van der Waals surface area contributed by atoms with Gasteiger partial charge in [0.2, 0.25) is 5.91 Å². The van der Waals surface area contributed by atoms with E-state index in [2.05, 4.69) is 12.6 Å². The molecule has 1 aromatic carbocycles. The Labute approximate surface area is 146 Å². The van der Waals surface area contributed by atoms with E-state index < -0.39 is 36.4 Å². The monoisotopic (exact) mass is 354 g/mol. The van der Waals surface area contributed by atoms with E-state index in [0.29, 0.717) is 0 Å². The fourth-order valence-electron chi connectivity index (χ4n) is 2.24. The molecule has 0 aliphatic carbocycles. The Morgan fingerprint density at radius 2 is 1.96 bits per heavy atom. The molecule has 0 saturated carbocycles. The minimum absolute atomic E-state index is 0.0318. The van der Waals surface area contributed by atoms with Crippen molar-refractivity contribution in [3.05, 3.63) is 35.4 Å². The minimum Gasteiger partial charge on any atom is -0.481 e. The number of esters is 1. The summed E-state index contributed by atoms with van der Waals surface area (Å²) in [5.41, 5.74) is 7.45. The molecule has 0 saturated heterocycles. The van der Waals surface area contributed by atoms with Crippen LogP contribution in [0.4, 0.5) is 0 Å². The Kier molecular flexibility index (Phi) is 7.73. The Bertz CT molecular complexity index is 608. The van der Waals surface area contributed by atoms with E-state index in [4.69, 9.17) is 15.6 Å². The standard InChI is InChI=1S/C16H22N2O5S/c1-10-5-3-4-6-11(10)8-18(13(9-24)16(22)23-2)15(21)12(17)7-14(19)20/h3-6,12-13,24H,7-9,17H2,1-2H3,(H,19,20)/t12-,13-/m0/s1. The number of ether oxygens (including phenoxy) is 1. The number of carbonyl (C=O) groups excluding carboxylic acids is 2. The van der Waals surface area contributed by atoms with Crippen molar-refractivity contribution in [2.24, 2.45) is 5.73 Å². The maximum Gasteiger partial charge on any atom is 0.329 e. The van der Waals surface area contributed by atoms with Gasteiger partial charge in [-0.1, -0.05) is 24.3 Å². The van der Waals surface area contributed by atoms with Crippen LogP contribution in [-0.4, -0.2) is 52.8 Å². The molecule has 3 N–H and O–H groups in total. The second-order valence-electron chi connectivity index (χ2n) is 5.32. The molecule has 1 amide bonds. The van der Waals surface area contributed by atoms with E-state index in [1.54, 1.807) is 0 Å². The molecular formula is C16H22N2O5S. The van der Waals surface area contributed by atoms with Crippen LogP contribution in [0.2, 0.25) is 0 Å². The van der Waals surface area contributed by atoms with E-state index >= 15 is 0 Å². The predicted octanol–water partition coefficient (Wildman–Crippen LogP) is 0.597. The normalized spacial score (nSPS) is 13.0. The number of carboxylic acids is 1. The molecule has 0 aliphatic heterocycles. The predicted molar refractivity (Wildman–Crippen MR) is 91.6 cm³/mol. The van der Waals surface area contributed by atoms with Crippen molar-refractivity contribution in [2.45, 2.75) is 32.0 Å². The van der Waals surface area contributed by atoms with Crippen molar-refractivity contribution in [2.75, 3.05) is 12.9 Å². The number of aliphatic carboxylic acids is 1. The van der Waals surface area contributed by atoms with Crippen LogP contribution in [0, 0.1) is 6.92 Å². The lowest BCUT2D eigenvalue weighted by molar-refractivity contribution is -0.153. The second kappa shape index (κ2) is 9.29. The zero-order chi connectivity index (χ0) is 18.3. The topological polar surface area (TPSA) is 110 Å². The van der Waals surface area contributed by atoms with Gasteiger partial charge >= 0.3 is 11.9 Å². The summed E-state index contributed by atoms with van der Waals surface area (Å²) in [5, 5.41) is 8.84. The van der Waals surface area contributed by atoms with Gasteiger partial charge in [0.15, 0.2) is 0 Å². The third-order valence-corrected chi connectivity index (χ3v) is 3.97. The third-order valence-electron chi connectivity index (χ3n) is 3.62. The number of hydrogen-bond donors (Lipinski definition) is 3. The Balaban J connectivity index is 3.15. The Morgan fingerprint density at radius 3 is 2.46 bits per heavy atom. The van der Waals surface area contributed by atoms with Gasteiger partial charge in [-0.15, -0.1) is 0 Å². The van der Waals surface area contributed by atoms with Crippen LogP contribution in [0.25, 0.3) is 0 Å². The first-order chi connectivity index (χ1) is 11.3. The van der Waals surface area contributed by atoms with Crippen molar-refractivity contribution in [1.29, 1.82) is 0 Å². The van der Waals surface area contributed by atoms with Crippen molar-refractivity contribution in [3.8, 4) is 0 Å². The van der Waals surface area contributed by atoms with Crippen LogP contribution in [0.5, 0.6) is 0 Å². The number of thiol groups is 1. The quantitative estimate of drug-likeness (QED) is 0.466. The van der Waals surface area contributed by atoms with Crippen molar-refractivity contribution < 1.29 is 24.2 Å². The van der Waals surface area contributed by atoms with Crippen LogP contribution in [0.3, 0.4) is 0 Å². The number of hydrogen-bond acceptors (Lipinski definition) is 6. The molecule has 1 rings (SSSR count). The number of carboxylic acid groups (broad SMARTS) is 1. The summed E-state index contributed by atoms with van der Waals surface area (Å²) >= 11 is 4.12. The van der Waals surface area contributed by atoms with E-state index in [1.807, 2.05) is 31.2 Å². The molecule has 24 heavy (non-hydrogen) atoms. The Morgan fingerprint density at radius 1 is 1.33 bits per heavy atom. The summed E-state index contributed by atoms with van der Waals surface area (Å²) in [4.78, 5) is 36.6. The highest BCUT2D eigenvalue weighted by Crippen LogP contribution is 2.16. The SMILES string of the molecule is COC(=O)[C@H](CS)N(Cc1ccccc1C)C(=O)[C@@H](N)CC(=O)O. The zero-order valence-corrected chi connectivity index (χ0v) is 14.5. The number of nitrogens with two attached hydrogens (primary N) is 1. The largest absolute Gasteiger partial charge is 0.481 e. The molecule has 0 heterocycles. The van der Waals surface area contributed by atoms with E-state index in [1.165, 1.54) is 12.0 Å². The summed E-state index contributed by atoms with van der Waals surface area (Å²) < 4.78 is 4.72. The lowest BCUT2D eigenvalue weighted by atomic mass is 10.1. The van der Waals surface area contributed by atoms with Gasteiger partial charge in [0.05, 0.1) is 19.6 Å². The number of methoxy groups -OCH3 is 1. The number of rotatable bonds is 8. The molecule has 0 bridgehead atoms. The molecular weight excluding hydrogens is 332 g/mol. The summed E-state index contributed by atoms with van der Waals surface area (Å²) in [7, 11) is 1.21. The first-order valence-corrected chi connectivity index (χ1v) is 7.96. The number of aryl methyl sites for hydroxylation is 1. The van der Waals surface area contributed by atoms with Gasteiger partial charge in [0.1, 0.15) is 6.04 Å². The summed E-state index contributed by atoms with van der Waals surface area (Å²) in [6, 6.07) is 5.17. The van der Waals surface area contributed by atoms with Crippen LogP contribution in [0.1, 0.15) is 17.5 Å². The highest BCUT2D eigenvalue weighted by Gasteiger charge is 2.33. The summed E-state index contributed by atoms with van der Waals surface area (Å²) in [6.45, 7) is 1.99. The first kappa shape index (κ1) is 20.0. The first-order valence-electron chi connectivity index (χ1n) is 7.32. The van der Waals surface area contributed by atoms with Crippen molar-refractivity contribution in [3.63, 3.8) is 0 Å². The van der Waals surface area contributed by atoms with Gasteiger partial charge in [-0.05, 0) is 18.1 Å². The molecule has 0 aromatic heterocycles. The average molecular weight is 354 g/mol. The Hall–Kier alpha value is -2.06. The molecule has 132 valence electrons. The minimum atomic E-state index is -1.25. The average Bonchev–Trinajstić information content (AvgIpc) is 2.54. The maximum absolute atomic E-state index is 12.6. The van der Waals surface area contributed by atoms with Gasteiger partial charge < -0.3 is 20.5 Å². The van der Waals surface area contributed by atoms with E-state index in [0.717, 1.165) is 11.1 Å². The van der Waals surface area contributed by atoms with Crippen LogP contribution < -0.4 is 5.73 Å². The maximum atomic E-state index is 12.6. The summed E-state index contributed by atoms with van der Waals surface area (Å²) in [5.74, 6) is -2.42. The van der Waals surface area contributed by atoms with Crippen molar-refractivity contribution in [1.82, 2.24) is 4.90 Å². The van der Waals surface area contributed by atoms with Gasteiger partial charge in [0.25, 0.3) is 0 Å². The smallest absolute Gasteiger partial charge is 0.329 e. The lowest BCUT2D eigenvalue weighted by Gasteiger charge is -2.31. The van der Waals surface area contributed by atoms with Gasteiger partial charge in [0, 0.05) is 12.3 Å². The number of amides is 1. The van der Waals surface area contributed by atoms with Gasteiger partial charge in [-0.25, -0.2) is 4.79 Å². The van der Waals surface area contributed by atoms with Gasteiger partial charge in [-0.2, -0.15) is 12.6 Å². The fourth-order valence-corrected chi connectivity index (χ4v) is 2.58. The molecule has 8 heteroatoms. The molecule has 2 atom stereocenters. The fraction of sp³-hybridized carbons (Fsp3) is 0.438. The number of benzene rings is 1. The van der Waals surface area contributed by atoms with Crippen LogP contribution >= 0.6 is 12.6 Å². The van der Waals surface area contributed by atoms with Crippen LogP contribution in [0.15, 0.2) is 24.3 Å². The molecule has 0 spiro atoms. The molecule has 0 radical (unpaired) electrons. The highest BCUT2D eigenvalue weighted by atomic mass is 32.1. The number of carbonyl (C=O) groups is 3. The zero-order valence-electron chi connectivity index (χ0n) is 13.6. The number of nitrogens with zero attached hydrogens (tertiary/aromatic N) is 1. The molecule has 7 nitrogen and oxygen atoms in total. The molecule has 0 aliphatic rings. The molecule has 0 unspecified atom stereocenters. The second-order valence-corrected chi connectivity index (χ2v) is 5.68. The summed E-state index contributed by atoms with van der Waals surface area (Å²) in [6.07, 6.45) is -0.524. The third kappa shape index (κ3) is 5.24. The molecule has 0 fully saturated rings. The van der Waals surface area contributed by atoms with E-state index in [9.17, 15) is 14.4 Å².